The van der Waals surface area contributed by atoms with Crippen molar-refractivity contribution < 1.29 is 14.9 Å². The van der Waals surface area contributed by atoms with Gasteiger partial charge in [0.25, 0.3) is 0 Å². The molecule has 0 saturated carbocycles. The lowest BCUT2D eigenvalue weighted by molar-refractivity contribution is -0.117. The van der Waals surface area contributed by atoms with E-state index in [2.05, 4.69) is 15.9 Å². The molecule has 2 N–H and O–H groups in total. The van der Waals surface area contributed by atoms with Gasteiger partial charge in [-0.15, -0.1) is 0 Å². The first-order chi connectivity index (χ1) is 13.7. The topological polar surface area (TPSA) is 49.7 Å². The van der Waals surface area contributed by atoms with Gasteiger partial charge in [0.15, 0.2) is 0 Å². The zero-order chi connectivity index (χ0) is 19.8. The van der Waals surface area contributed by atoms with Crippen LogP contribution in [0.25, 0.3) is 0 Å². The summed E-state index contributed by atoms with van der Waals surface area (Å²) in [5.41, 5.74) is 1.92. The fraction of sp³-hybridized carbons (Fsp3) is 0.250. The summed E-state index contributed by atoms with van der Waals surface area (Å²) in [7, 11) is 0. The zero-order valence-corrected chi connectivity index (χ0v) is 17.3. The fourth-order valence-corrected chi connectivity index (χ4v) is 4.30. The molecule has 4 heteroatoms. The predicted octanol–water partition coefficient (Wildman–Crippen LogP) is 5.02. The summed E-state index contributed by atoms with van der Waals surface area (Å²) >= 11 is 3.64. The Morgan fingerprint density at radius 2 is 1.43 bits per heavy atom. The van der Waals surface area contributed by atoms with Gasteiger partial charge >= 0.3 is 0 Å². The highest BCUT2D eigenvalue weighted by Gasteiger charge is 2.43. The molecular weight excluding hydrogens is 416 g/mol. The summed E-state index contributed by atoms with van der Waals surface area (Å²) in [4.78, 5) is 0. The molecule has 146 valence electrons. The van der Waals surface area contributed by atoms with E-state index in [0.717, 1.165) is 21.2 Å². The molecule has 0 aliphatic carbocycles. The quantitative estimate of drug-likeness (QED) is 0.490. The van der Waals surface area contributed by atoms with Crippen LogP contribution in [-0.4, -0.2) is 23.4 Å². The Hall–Kier alpha value is -1.98. The van der Waals surface area contributed by atoms with Crippen molar-refractivity contribution in [1.29, 1.82) is 0 Å². The number of hydrogen-bond donors (Lipinski definition) is 2. The van der Waals surface area contributed by atoms with E-state index in [1.807, 2.05) is 84.9 Å². The molecule has 0 saturated heterocycles. The first-order valence-electron chi connectivity index (χ1n) is 9.41. The maximum absolute atomic E-state index is 10.7. The van der Waals surface area contributed by atoms with Crippen LogP contribution in [0.1, 0.15) is 29.0 Å². The molecule has 0 aromatic heterocycles. The van der Waals surface area contributed by atoms with Gasteiger partial charge in [-0.25, -0.2) is 0 Å². The first-order valence-corrected chi connectivity index (χ1v) is 10.2. The van der Waals surface area contributed by atoms with E-state index >= 15 is 0 Å². The normalized spacial score (nSPS) is 14.4. The summed E-state index contributed by atoms with van der Waals surface area (Å²) in [6.07, 6.45) is 0.473. The maximum Gasteiger partial charge on any atom is 0.124 e. The Kier molecular flexibility index (Phi) is 7.40. The van der Waals surface area contributed by atoms with E-state index in [1.54, 1.807) is 0 Å². The van der Waals surface area contributed by atoms with Gasteiger partial charge in [-0.3, -0.25) is 0 Å². The van der Waals surface area contributed by atoms with Crippen LogP contribution < -0.4 is 0 Å². The molecular formula is C24H25BrO3. The van der Waals surface area contributed by atoms with Gasteiger partial charge in [0.2, 0.25) is 0 Å². The molecule has 0 fully saturated rings. The van der Waals surface area contributed by atoms with Crippen LogP contribution in [0, 0.1) is 0 Å². The molecule has 0 radical (unpaired) electrons. The summed E-state index contributed by atoms with van der Waals surface area (Å²) in [6.45, 7) is 0.153. The Morgan fingerprint density at radius 1 is 0.821 bits per heavy atom. The van der Waals surface area contributed by atoms with Crippen LogP contribution in [0.2, 0.25) is 0 Å². The van der Waals surface area contributed by atoms with Crippen LogP contribution in [0.4, 0.5) is 0 Å². The highest BCUT2D eigenvalue weighted by atomic mass is 79.9. The van der Waals surface area contributed by atoms with Gasteiger partial charge in [0.1, 0.15) is 5.60 Å². The number of aliphatic hydroxyl groups excluding tert-OH is 2. The molecule has 0 aliphatic heterocycles. The minimum absolute atomic E-state index is 0.000457. The summed E-state index contributed by atoms with van der Waals surface area (Å²) in [6, 6.07) is 27.7. The Labute approximate surface area is 174 Å². The molecule has 3 nitrogen and oxygen atoms in total. The van der Waals surface area contributed by atoms with Gasteiger partial charge in [0, 0.05) is 22.6 Å². The highest BCUT2D eigenvalue weighted by molar-refractivity contribution is 9.10. The molecule has 0 aliphatic rings. The van der Waals surface area contributed by atoms with E-state index in [9.17, 15) is 10.2 Å². The van der Waals surface area contributed by atoms with Crippen LogP contribution in [0.3, 0.4) is 0 Å². The highest BCUT2D eigenvalue weighted by Crippen LogP contribution is 2.45. The Bertz CT molecular complexity index is 854. The van der Waals surface area contributed by atoms with Gasteiger partial charge < -0.3 is 14.9 Å². The van der Waals surface area contributed by atoms with E-state index in [1.165, 1.54) is 0 Å². The van der Waals surface area contributed by atoms with Gasteiger partial charge in [-0.05, 0) is 23.6 Å². The van der Waals surface area contributed by atoms with Crippen molar-refractivity contribution in [3.63, 3.8) is 0 Å². The number of hydrogen-bond acceptors (Lipinski definition) is 3. The van der Waals surface area contributed by atoms with Crippen LogP contribution in [0.15, 0.2) is 89.4 Å². The summed E-state index contributed by atoms with van der Waals surface area (Å²) < 4.78 is 7.38. The molecule has 2 atom stereocenters. The van der Waals surface area contributed by atoms with Crippen LogP contribution in [0.5, 0.6) is 0 Å². The molecule has 0 heterocycles. The second-order valence-corrected chi connectivity index (χ2v) is 7.63. The summed E-state index contributed by atoms with van der Waals surface area (Å²) in [5, 5.41) is 20.5. The summed E-state index contributed by atoms with van der Waals surface area (Å²) in [5.74, 6) is -0.217. The van der Waals surface area contributed by atoms with E-state index < -0.39 is 5.60 Å². The smallest absolute Gasteiger partial charge is 0.124 e. The molecule has 3 aromatic carbocycles. The molecule has 0 bridgehead atoms. The van der Waals surface area contributed by atoms with Crippen molar-refractivity contribution in [1.82, 2.24) is 0 Å². The lowest BCUT2D eigenvalue weighted by Crippen LogP contribution is -2.41. The molecule has 0 spiro atoms. The average molecular weight is 441 g/mol. The molecule has 0 amide bonds. The third-order valence-corrected chi connectivity index (χ3v) is 5.78. The van der Waals surface area contributed by atoms with E-state index in [4.69, 9.17) is 4.74 Å². The van der Waals surface area contributed by atoms with Crippen LogP contribution >= 0.6 is 15.9 Å². The number of aliphatic hydroxyl groups is 2. The first kappa shape index (κ1) is 20.7. The lowest BCUT2D eigenvalue weighted by atomic mass is 9.75. The van der Waals surface area contributed by atoms with Crippen molar-refractivity contribution in [2.24, 2.45) is 0 Å². The third kappa shape index (κ3) is 4.53. The predicted molar refractivity (Wildman–Crippen MR) is 115 cm³/mol. The standard InChI is InChI=1S/C24H25BrO3/c25-23-14-8-7-13-22(23)24(18-27,28-17-19-9-3-1-4-10-19)21(15-16-26)20-11-5-2-6-12-20/h1-14,21,26-27H,15-18H2/t21-,24-/m0/s1. The second-order valence-electron chi connectivity index (χ2n) is 6.78. The van der Waals surface area contributed by atoms with Gasteiger partial charge in [-0.1, -0.05) is 94.8 Å². The van der Waals surface area contributed by atoms with Crippen molar-refractivity contribution in [3.05, 3.63) is 106 Å². The number of rotatable bonds is 9. The largest absolute Gasteiger partial charge is 0.396 e. The van der Waals surface area contributed by atoms with Gasteiger partial charge in [-0.2, -0.15) is 0 Å². The van der Waals surface area contributed by atoms with Crippen molar-refractivity contribution in [3.8, 4) is 0 Å². The molecule has 28 heavy (non-hydrogen) atoms. The lowest BCUT2D eigenvalue weighted by Gasteiger charge is -2.41. The maximum atomic E-state index is 10.7. The minimum Gasteiger partial charge on any atom is -0.396 e. The van der Waals surface area contributed by atoms with Crippen molar-refractivity contribution >= 4 is 15.9 Å². The van der Waals surface area contributed by atoms with E-state index in [0.29, 0.717) is 13.0 Å². The molecule has 3 rings (SSSR count). The van der Waals surface area contributed by atoms with Crippen LogP contribution in [-0.2, 0) is 16.9 Å². The second kappa shape index (κ2) is 9.99. The Morgan fingerprint density at radius 3 is 2.04 bits per heavy atom. The van der Waals surface area contributed by atoms with Crippen molar-refractivity contribution in [2.45, 2.75) is 24.5 Å². The van der Waals surface area contributed by atoms with Crippen molar-refractivity contribution in [2.75, 3.05) is 13.2 Å². The SMILES string of the molecule is OCC[C@@H](c1ccccc1)[C@](CO)(OCc1ccccc1)c1ccccc1Br. The Balaban J connectivity index is 2.09. The van der Waals surface area contributed by atoms with E-state index in [-0.39, 0.29) is 19.1 Å². The third-order valence-electron chi connectivity index (χ3n) is 5.09. The van der Waals surface area contributed by atoms with Gasteiger partial charge in [0.05, 0.1) is 13.2 Å². The molecule has 0 unspecified atom stereocenters. The minimum atomic E-state index is -1.000. The zero-order valence-electron chi connectivity index (χ0n) is 15.7. The number of benzene rings is 3. The fourth-order valence-electron chi connectivity index (χ4n) is 3.68. The number of halogens is 1. The number of ether oxygens (including phenoxy) is 1. The molecule has 3 aromatic rings. The monoisotopic (exact) mass is 440 g/mol. The average Bonchev–Trinajstić information content (AvgIpc) is 2.76.